The first kappa shape index (κ1) is 12.2. The van der Waals surface area contributed by atoms with Crippen molar-refractivity contribution >= 4 is 57.3 Å². The molecule has 1 N–H and O–H groups in total. The van der Waals surface area contributed by atoms with Crippen LogP contribution in [-0.4, -0.2) is 34.7 Å². The van der Waals surface area contributed by atoms with Crippen LogP contribution in [0, 0.1) is 5.41 Å². The number of thioether (sulfide) groups is 1. The van der Waals surface area contributed by atoms with E-state index in [0.29, 0.717) is 19.4 Å². The summed E-state index contributed by atoms with van der Waals surface area (Å²) in [5.41, 5.74) is 0.460. The van der Waals surface area contributed by atoms with E-state index < -0.39 is 0 Å². The lowest BCUT2D eigenvalue weighted by atomic mass is 10.2. The minimum atomic E-state index is -0.0830. The molecule has 0 aromatic carbocycles. The van der Waals surface area contributed by atoms with Crippen molar-refractivity contribution in [1.29, 1.82) is 5.41 Å². The number of nitrogens with zero attached hydrogens (tertiary/aromatic N) is 1. The summed E-state index contributed by atoms with van der Waals surface area (Å²) in [5, 5.41) is 8.05. The van der Waals surface area contributed by atoms with Crippen LogP contribution >= 0.6 is 46.3 Å². The maximum absolute atomic E-state index is 11.9. The zero-order valence-electron chi connectivity index (χ0n) is 8.13. The fourth-order valence-electron chi connectivity index (χ4n) is 1.39. The lowest BCUT2D eigenvalue weighted by Gasteiger charge is -2.14. The van der Waals surface area contributed by atoms with Crippen LogP contribution in [0.3, 0.4) is 0 Å². The summed E-state index contributed by atoms with van der Waals surface area (Å²) in [6.45, 7) is 0.948. The fourth-order valence-corrected chi connectivity index (χ4v) is 3.73. The van der Waals surface area contributed by atoms with Crippen LogP contribution in [-0.2, 0) is 0 Å². The summed E-state index contributed by atoms with van der Waals surface area (Å²) in [6, 6.07) is 1.59. The third-order valence-electron chi connectivity index (χ3n) is 2.18. The van der Waals surface area contributed by atoms with Gasteiger partial charge in [0.1, 0.15) is 4.34 Å². The van der Waals surface area contributed by atoms with Gasteiger partial charge in [0, 0.05) is 12.3 Å². The Balaban J connectivity index is 2.08. The molecule has 1 saturated heterocycles. The summed E-state index contributed by atoms with van der Waals surface area (Å²) in [7, 11) is 0. The maximum Gasteiger partial charge on any atom is 0.184 e. The quantitative estimate of drug-likeness (QED) is 0.871. The molecule has 7 heteroatoms. The number of carbonyl (C=O) groups is 1. The third-order valence-corrected chi connectivity index (χ3v) is 4.58. The van der Waals surface area contributed by atoms with Gasteiger partial charge < -0.3 is 4.90 Å². The number of thiophene rings is 1. The van der Waals surface area contributed by atoms with E-state index in [9.17, 15) is 4.79 Å². The molecule has 0 unspecified atom stereocenters. The molecule has 0 saturated carbocycles. The van der Waals surface area contributed by atoms with E-state index in [-0.39, 0.29) is 12.3 Å². The molecule has 0 radical (unpaired) electrons. The number of halogens is 2. The van der Waals surface area contributed by atoms with Crippen molar-refractivity contribution in [2.24, 2.45) is 0 Å². The molecule has 1 aromatic rings. The number of carbonyl (C=O) groups excluding carboxylic acids is 1. The first-order valence-electron chi connectivity index (χ1n) is 4.52. The average molecular weight is 295 g/mol. The van der Waals surface area contributed by atoms with E-state index in [4.69, 9.17) is 28.6 Å². The van der Waals surface area contributed by atoms with Crippen molar-refractivity contribution in [3.63, 3.8) is 0 Å². The highest BCUT2D eigenvalue weighted by molar-refractivity contribution is 8.14. The SMILES string of the molecule is N=C1SCCN1CC(=O)c1cc(Cl)sc1Cl. The summed E-state index contributed by atoms with van der Waals surface area (Å²) < 4.78 is 0.938. The van der Waals surface area contributed by atoms with E-state index in [0.717, 1.165) is 12.3 Å². The molecule has 1 aliphatic rings. The minimum Gasteiger partial charge on any atom is -0.343 e. The molecule has 86 valence electrons. The van der Waals surface area contributed by atoms with E-state index in [1.165, 1.54) is 23.1 Å². The zero-order valence-corrected chi connectivity index (χ0v) is 11.3. The van der Waals surface area contributed by atoms with Gasteiger partial charge in [-0.1, -0.05) is 35.0 Å². The topological polar surface area (TPSA) is 44.2 Å². The van der Waals surface area contributed by atoms with Crippen molar-refractivity contribution in [2.45, 2.75) is 0 Å². The van der Waals surface area contributed by atoms with Crippen LogP contribution < -0.4 is 0 Å². The number of Topliss-reactive ketones (excluding diaryl/α,β-unsaturated/α-hetero) is 1. The summed E-state index contributed by atoms with van der Waals surface area (Å²) in [5.74, 6) is 0.782. The second-order valence-electron chi connectivity index (χ2n) is 3.24. The van der Waals surface area contributed by atoms with Crippen molar-refractivity contribution in [3.05, 3.63) is 20.3 Å². The Kier molecular flexibility index (Phi) is 3.79. The largest absolute Gasteiger partial charge is 0.343 e. The summed E-state index contributed by atoms with van der Waals surface area (Å²) >= 11 is 14.3. The predicted molar refractivity (Wildman–Crippen MR) is 70.4 cm³/mol. The molecule has 2 heterocycles. The lowest BCUT2D eigenvalue weighted by molar-refractivity contribution is 0.0967. The van der Waals surface area contributed by atoms with Gasteiger partial charge in [0.15, 0.2) is 11.0 Å². The first-order chi connectivity index (χ1) is 7.58. The molecule has 16 heavy (non-hydrogen) atoms. The molecule has 1 aromatic heterocycles. The normalized spacial score (nSPS) is 15.9. The monoisotopic (exact) mass is 294 g/mol. The second kappa shape index (κ2) is 4.96. The van der Waals surface area contributed by atoms with Gasteiger partial charge in [-0.15, -0.1) is 11.3 Å². The molecule has 1 aliphatic heterocycles. The number of hydrogen-bond donors (Lipinski definition) is 1. The molecular weight excluding hydrogens is 287 g/mol. The van der Waals surface area contributed by atoms with Crippen LogP contribution in [0.25, 0.3) is 0 Å². The Hall–Kier alpha value is -0.230. The standard InChI is InChI=1S/C9H8Cl2N2OS2/c10-7-3-5(8(11)16-7)6(14)4-13-1-2-15-9(13)12/h3,12H,1-2,4H2. The Morgan fingerprint density at radius 3 is 2.81 bits per heavy atom. The number of rotatable bonds is 3. The number of nitrogens with one attached hydrogen (secondary N) is 1. The van der Waals surface area contributed by atoms with Crippen LogP contribution in [0.15, 0.2) is 6.07 Å². The van der Waals surface area contributed by atoms with Crippen LogP contribution in [0.5, 0.6) is 0 Å². The molecular formula is C9H8Cl2N2OS2. The van der Waals surface area contributed by atoms with Gasteiger partial charge in [0.25, 0.3) is 0 Å². The van der Waals surface area contributed by atoms with Gasteiger partial charge in [-0.05, 0) is 6.07 Å². The van der Waals surface area contributed by atoms with E-state index in [1.54, 1.807) is 11.0 Å². The molecule has 1 fully saturated rings. The van der Waals surface area contributed by atoms with E-state index in [2.05, 4.69) is 0 Å². The fraction of sp³-hybridized carbons (Fsp3) is 0.333. The predicted octanol–water partition coefficient (Wildman–Crippen LogP) is 3.22. The molecule has 0 amide bonds. The molecule has 2 rings (SSSR count). The Bertz CT molecular complexity index is 447. The van der Waals surface area contributed by atoms with Crippen molar-refractivity contribution in [2.75, 3.05) is 18.8 Å². The van der Waals surface area contributed by atoms with Gasteiger partial charge in [-0.2, -0.15) is 0 Å². The Morgan fingerprint density at radius 2 is 2.31 bits per heavy atom. The average Bonchev–Trinajstić information content (AvgIpc) is 2.74. The molecule has 0 spiro atoms. The minimum absolute atomic E-state index is 0.0830. The highest BCUT2D eigenvalue weighted by atomic mass is 35.5. The van der Waals surface area contributed by atoms with E-state index >= 15 is 0 Å². The number of hydrogen-bond acceptors (Lipinski definition) is 4. The third kappa shape index (κ3) is 2.53. The Labute approximate surface area is 111 Å². The maximum atomic E-state index is 11.9. The van der Waals surface area contributed by atoms with Crippen molar-refractivity contribution in [1.82, 2.24) is 4.90 Å². The van der Waals surface area contributed by atoms with Crippen LogP contribution in [0.1, 0.15) is 10.4 Å². The molecule has 0 atom stereocenters. The second-order valence-corrected chi connectivity index (χ2v) is 6.61. The smallest absolute Gasteiger partial charge is 0.184 e. The highest BCUT2D eigenvalue weighted by Crippen LogP contribution is 2.31. The van der Waals surface area contributed by atoms with Crippen LogP contribution in [0.2, 0.25) is 8.67 Å². The van der Waals surface area contributed by atoms with Gasteiger partial charge in [0.2, 0.25) is 0 Å². The Morgan fingerprint density at radius 1 is 1.56 bits per heavy atom. The van der Waals surface area contributed by atoms with Gasteiger partial charge in [0.05, 0.1) is 16.4 Å². The highest BCUT2D eigenvalue weighted by Gasteiger charge is 2.22. The summed E-state index contributed by atoms with van der Waals surface area (Å²) in [4.78, 5) is 13.6. The van der Waals surface area contributed by atoms with Crippen molar-refractivity contribution < 1.29 is 4.79 Å². The molecule has 0 bridgehead atoms. The van der Waals surface area contributed by atoms with Gasteiger partial charge in [-0.3, -0.25) is 10.2 Å². The summed E-state index contributed by atoms with van der Waals surface area (Å²) in [6.07, 6.45) is 0. The number of ketones is 1. The first-order valence-corrected chi connectivity index (χ1v) is 7.08. The molecule has 3 nitrogen and oxygen atoms in total. The van der Waals surface area contributed by atoms with Crippen molar-refractivity contribution in [3.8, 4) is 0 Å². The van der Waals surface area contributed by atoms with E-state index in [1.807, 2.05) is 0 Å². The zero-order chi connectivity index (χ0) is 11.7. The van der Waals surface area contributed by atoms with Gasteiger partial charge >= 0.3 is 0 Å². The van der Waals surface area contributed by atoms with Crippen LogP contribution in [0.4, 0.5) is 0 Å². The number of amidine groups is 1. The van der Waals surface area contributed by atoms with Gasteiger partial charge in [-0.25, -0.2) is 0 Å². The molecule has 0 aliphatic carbocycles. The lowest BCUT2D eigenvalue weighted by Crippen LogP contribution is -2.30.